The van der Waals surface area contributed by atoms with E-state index in [2.05, 4.69) is 9.97 Å². The van der Waals surface area contributed by atoms with Gasteiger partial charge in [-0.15, -0.1) is 0 Å². The Morgan fingerprint density at radius 1 is 1.33 bits per heavy atom. The molecule has 96 valence electrons. The van der Waals surface area contributed by atoms with Gasteiger partial charge in [0, 0.05) is 0 Å². The predicted octanol–water partition coefficient (Wildman–Crippen LogP) is 2.90. The standard InChI is InChI=1S/C12H15N3O2S/c1-7(2)17-11-9(13)4-5-10(15-11)18-12-14-8(3)6-16-12/h4-7H,13H2,1-3H3. The molecule has 0 aliphatic carbocycles. The fourth-order valence-electron chi connectivity index (χ4n) is 1.28. The van der Waals surface area contributed by atoms with Gasteiger partial charge in [-0.2, -0.15) is 0 Å². The molecular weight excluding hydrogens is 250 g/mol. The number of aryl methyl sites for hydroxylation is 1. The van der Waals surface area contributed by atoms with Gasteiger partial charge in [-0.05, 0) is 44.7 Å². The van der Waals surface area contributed by atoms with Gasteiger partial charge in [0.25, 0.3) is 5.22 Å². The summed E-state index contributed by atoms with van der Waals surface area (Å²) in [6.45, 7) is 5.73. The van der Waals surface area contributed by atoms with Gasteiger partial charge in [-0.3, -0.25) is 0 Å². The first-order chi connectivity index (χ1) is 8.54. The second kappa shape index (κ2) is 5.30. The lowest BCUT2D eigenvalue weighted by Crippen LogP contribution is -2.09. The lowest BCUT2D eigenvalue weighted by Gasteiger charge is -2.11. The number of nitrogens with two attached hydrogens (primary N) is 1. The third kappa shape index (κ3) is 3.16. The fraction of sp³-hybridized carbons (Fsp3) is 0.333. The third-order valence-corrected chi connectivity index (χ3v) is 2.80. The number of pyridine rings is 1. The molecule has 0 saturated heterocycles. The molecule has 0 bridgehead atoms. The zero-order chi connectivity index (χ0) is 13.1. The number of nitrogen functional groups attached to an aromatic ring is 1. The van der Waals surface area contributed by atoms with E-state index in [0.717, 1.165) is 10.7 Å². The number of anilines is 1. The molecule has 2 N–H and O–H groups in total. The zero-order valence-corrected chi connectivity index (χ0v) is 11.3. The zero-order valence-electron chi connectivity index (χ0n) is 10.5. The van der Waals surface area contributed by atoms with Gasteiger partial charge in [0.1, 0.15) is 11.3 Å². The maximum Gasteiger partial charge on any atom is 0.262 e. The summed E-state index contributed by atoms with van der Waals surface area (Å²) in [6.07, 6.45) is 1.63. The van der Waals surface area contributed by atoms with Crippen LogP contribution >= 0.6 is 11.8 Å². The summed E-state index contributed by atoms with van der Waals surface area (Å²) in [5, 5.41) is 1.29. The van der Waals surface area contributed by atoms with Crippen LogP contribution in [0.25, 0.3) is 0 Å². The van der Waals surface area contributed by atoms with Crippen molar-refractivity contribution >= 4 is 17.4 Å². The van der Waals surface area contributed by atoms with Crippen LogP contribution in [0.15, 0.2) is 33.1 Å². The number of oxazole rings is 1. The van der Waals surface area contributed by atoms with E-state index in [1.165, 1.54) is 11.8 Å². The highest BCUT2D eigenvalue weighted by Crippen LogP contribution is 2.29. The van der Waals surface area contributed by atoms with Gasteiger partial charge >= 0.3 is 0 Å². The maximum absolute atomic E-state index is 5.80. The van der Waals surface area contributed by atoms with Crippen LogP contribution in [0.3, 0.4) is 0 Å². The van der Waals surface area contributed by atoms with Crippen molar-refractivity contribution in [3.05, 3.63) is 24.1 Å². The second-order valence-corrected chi connectivity index (χ2v) is 5.04. The highest BCUT2D eigenvalue weighted by Gasteiger charge is 2.10. The summed E-state index contributed by atoms with van der Waals surface area (Å²) >= 11 is 1.33. The molecule has 0 spiro atoms. The van der Waals surface area contributed by atoms with E-state index in [0.29, 0.717) is 16.8 Å². The van der Waals surface area contributed by atoms with E-state index in [4.69, 9.17) is 14.9 Å². The second-order valence-electron chi connectivity index (χ2n) is 4.07. The first-order valence-corrected chi connectivity index (χ1v) is 6.39. The normalized spacial score (nSPS) is 10.9. The van der Waals surface area contributed by atoms with Crippen LogP contribution in [-0.2, 0) is 0 Å². The first-order valence-electron chi connectivity index (χ1n) is 5.58. The Labute approximate surface area is 110 Å². The number of ether oxygens (including phenoxy) is 1. The summed E-state index contributed by atoms with van der Waals surface area (Å²) < 4.78 is 10.8. The minimum absolute atomic E-state index is 0.0315. The van der Waals surface area contributed by atoms with Crippen molar-refractivity contribution in [2.24, 2.45) is 0 Å². The average Bonchev–Trinajstić information content (AvgIpc) is 2.68. The molecular formula is C12H15N3O2S. The molecule has 0 amide bonds. The van der Waals surface area contributed by atoms with Crippen molar-refractivity contribution in [2.45, 2.75) is 37.1 Å². The van der Waals surface area contributed by atoms with Gasteiger partial charge in [-0.1, -0.05) is 0 Å². The Kier molecular flexibility index (Phi) is 3.76. The molecule has 6 heteroatoms. The fourth-order valence-corrected chi connectivity index (χ4v) is 2.01. The monoisotopic (exact) mass is 265 g/mol. The van der Waals surface area contributed by atoms with E-state index in [9.17, 15) is 0 Å². The molecule has 0 unspecified atom stereocenters. The number of nitrogens with zero attached hydrogens (tertiary/aromatic N) is 2. The molecule has 0 atom stereocenters. The molecule has 0 saturated carbocycles. The van der Waals surface area contributed by atoms with Crippen LogP contribution in [0.5, 0.6) is 5.88 Å². The molecule has 0 aromatic carbocycles. The van der Waals surface area contributed by atoms with Gasteiger partial charge in [0.15, 0.2) is 0 Å². The summed E-state index contributed by atoms with van der Waals surface area (Å²) in [4.78, 5) is 8.54. The molecule has 0 fully saturated rings. The third-order valence-electron chi connectivity index (χ3n) is 2.00. The van der Waals surface area contributed by atoms with Crippen molar-refractivity contribution < 1.29 is 9.15 Å². The predicted molar refractivity (Wildman–Crippen MR) is 69.8 cm³/mol. The average molecular weight is 265 g/mol. The molecule has 0 aliphatic heterocycles. The van der Waals surface area contributed by atoms with Crippen molar-refractivity contribution in [3.63, 3.8) is 0 Å². The molecule has 2 rings (SSSR count). The quantitative estimate of drug-likeness (QED) is 0.916. The Hall–Kier alpha value is -1.69. The first kappa shape index (κ1) is 12.8. The Morgan fingerprint density at radius 2 is 2.11 bits per heavy atom. The Bertz CT molecular complexity index is 540. The maximum atomic E-state index is 5.80. The molecule has 2 aromatic rings. The van der Waals surface area contributed by atoms with Crippen LogP contribution in [0.4, 0.5) is 5.69 Å². The highest BCUT2D eigenvalue weighted by molar-refractivity contribution is 7.99. The highest BCUT2D eigenvalue weighted by atomic mass is 32.2. The number of hydrogen-bond donors (Lipinski definition) is 1. The van der Waals surface area contributed by atoms with Crippen molar-refractivity contribution in [1.82, 2.24) is 9.97 Å². The van der Waals surface area contributed by atoms with Gasteiger partial charge < -0.3 is 14.9 Å². The molecule has 0 aliphatic rings. The number of aromatic nitrogens is 2. The number of hydrogen-bond acceptors (Lipinski definition) is 6. The van der Waals surface area contributed by atoms with E-state index in [1.54, 1.807) is 12.3 Å². The lowest BCUT2D eigenvalue weighted by molar-refractivity contribution is 0.232. The van der Waals surface area contributed by atoms with E-state index in [1.807, 2.05) is 26.8 Å². The van der Waals surface area contributed by atoms with Crippen LogP contribution in [0.1, 0.15) is 19.5 Å². The van der Waals surface area contributed by atoms with E-state index < -0.39 is 0 Å². The largest absolute Gasteiger partial charge is 0.473 e. The number of rotatable bonds is 4. The summed E-state index contributed by atoms with van der Waals surface area (Å²) in [7, 11) is 0. The van der Waals surface area contributed by atoms with E-state index >= 15 is 0 Å². The molecule has 2 heterocycles. The van der Waals surface area contributed by atoms with Crippen molar-refractivity contribution in [3.8, 4) is 5.88 Å². The smallest absolute Gasteiger partial charge is 0.262 e. The molecule has 5 nitrogen and oxygen atoms in total. The van der Waals surface area contributed by atoms with Crippen molar-refractivity contribution in [2.75, 3.05) is 5.73 Å². The van der Waals surface area contributed by atoms with Crippen LogP contribution < -0.4 is 10.5 Å². The Balaban J connectivity index is 2.18. The molecule has 18 heavy (non-hydrogen) atoms. The summed E-state index contributed by atoms with van der Waals surface area (Å²) in [5.41, 5.74) is 7.16. The minimum Gasteiger partial charge on any atom is -0.473 e. The summed E-state index contributed by atoms with van der Waals surface area (Å²) in [5.74, 6) is 0.443. The van der Waals surface area contributed by atoms with Crippen LogP contribution in [-0.4, -0.2) is 16.1 Å². The molecule has 2 aromatic heterocycles. The lowest BCUT2D eigenvalue weighted by atomic mass is 10.4. The van der Waals surface area contributed by atoms with Crippen LogP contribution in [0.2, 0.25) is 0 Å². The SMILES string of the molecule is Cc1coc(Sc2ccc(N)c(OC(C)C)n2)n1. The van der Waals surface area contributed by atoms with Gasteiger partial charge in [-0.25, -0.2) is 9.97 Å². The minimum atomic E-state index is 0.0315. The van der Waals surface area contributed by atoms with Crippen LogP contribution in [0, 0.1) is 6.92 Å². The Morgan fingerprint density at radius 3 is 2.72 bits per heavy atom. The molecule has 0 radical (unpaired) electrons. The topological polar surface area (TPSA) is 74.2 Å². The van der Waals surface area contributed by atoms with Crippen molar-refractivity contribution in [1.29, 1.82) is 0 Å². The summed E-state index contributed by atoms with van der Waals surface area (Å²) in [6, 6.07) is 3.58. The van der Waals surface area contributed by atoms with Gasteiger partial charge in [0.05, 0.1) is 17.5 Å². The van der Waals surface area contributed by atoms with Gasteiger partial charge in [0.2, 0.25) is 5.88 Å². The van der Waals surface area contributed by atoms with E-state index in [-0.39, 0.29) is 6.10 Å².